The smallest absolute Gasteiger partial charge is 0.322 e. The fourth-order valence-corrected chi connectivity index (χ4v) is 6.53. The molecule has 1 aliphatic heterocycles. The molecule has 0 aromatic heterocycles. The summed E-state index contributed by atoms with van der Waals surface area (Å²) in [6, 6.07) is 0. The van der Waals surface area contributed by atoms with Crippen LogP contribution < -0.4 is 0 Å². The topological polar surface area (TPSA) is 93.1 Å². The van der Waals surface area contributed by atoms with E-state index >= 15 is 0 Å². The molecule has 1 saturated heterocycles. The molecule has 2 atom stereocenters. The molecular weight excluding hydrogens is 278 g/mol. The maximum atomic E-state index is 12.8. The molecule has 0 aromatic carbocycles. The lowest BCUT2D eigenvalue weighted by molar-refractivity contribution is 0.0455. The van der Waals surface area contributed by atoms with Crippen LogP contribution in [0.1, 0.15) is 41.5 Å². The van der Waals surface area contributed by atoms with Gasteiger partial charge in [0.2, 0.25) is 0 Å². The van der Waals surface area contributed by atoms with E-state index in [4.69, 9.17) is 9.05 Å². The SMILES string of the molecule is CCOP1(=O)OC(C)(P(=O)(O)O)C(C)(C)C1(C)C. The Morgan fingerprint density at radius 2 is 1.67 bits per heavy atom. The van der Waals surface area contributed by atoms with Gasteiger partial charge in [-0.15, -0.1) is 0 Å². The van der Waals surface area contributed by atoms with Crippen molar-refractivity contribution in [3.05, 3.63) is 0 Å². The van der Waals surface area contributed by atoms with Crippen LogP contribution in [0, 0.1) is 5.41 Å². The lowest BCUT2D eigenvalue weighted by Gasteiger charge is -2.41. The number of hydrogen-bond acceptors (Lipinski definition) is 4. The van der Waals surface area contributed by atoms with E-state index in [1.807, 2.05) is 0 Å². The molecular formula is C10H22O6P2. The Morgan fingerprint density at radius 1 is 1.22 bits per heavy atom. The van der Waals surface area contributed by atoms with Gasteiger partial charge in [0.25, 0.3) is 0 Å². The fourth-order valence-electron chi connectivity index (χ4n) is 2.15. The van der Waals surface area contributed by atoms with Crippen LogP contribution in [0.25, 0.3) is 0 Å². The van der Waals surface area contributed by atoms with Crippen LogP contribution in [0.5, 0.6) is 0 Å². The molecule has 0 radical (unpaired) electrons. The molecule has 0 amide bonds. The Bertz CT molecular complexity index is 438. The monoisotopic (exact) mass is 300 g/mol. The maximum absolute atomic E-state index is 12.8. The van der Waals surface area contributed by atoms with Gasteiger partial charge in [-0.1, -0.05) is 13.8 Å². The highest BCUT2D eigenvalue weighted by Crippen LogP contribution is 2.82. The molecule has 2 unspecified atom stereocenters. The van der Waals surface area contributed by atoms with E-state index in [-0.39, 0.29) is 6.61 Å². The zero-order valence-electron chi connectivity index (χ0n) is 11.6. The molecule has 1 rings (SSSR count). The Morgan fingerprint density at radius 3 is 1.94 bits per heavy atom. The van der Waals surface area contributed by atoms with Gasteiger partial charge in [0, 0.05) is 5.41 Å². The molecule has 0 saturated carbocycles. The van der Waals surface area contributed by atoms with E-state index in [1.54, 1.807) is 34.6 Å². The highest BCUT2D eigenvalue weighted by molar-refractivity contribution is 7.59. The number of hydrogen-bond donors (Lipinski definition) is 2. The second-order valence-electron chi connectivity index (χ2n) is 5.72. The summed E-state index contributed by atoms with van der Waals surface area (Å²) in [5, 5.41) is -2.82. The van der Waals surface area contributed by atoms with Gasteiger partial charge in [-0.3, -0.25) is 13.7 Å². The summed E-state index contributed by atoms with van der Waals surface area (Å²) in [5.74, 6) is 0. The first-order chi connectivity index (χ1) is 7.77. The zero-order valence-corrected chi connectivity index (χ0v) is 13.4. The van der Waals surface area contributed by atoms with E-state index in [2.05, 4.69) is 0 Å². The first-order valence-electron chi connectivity index (χ1n) is 5.78. The van der Waals surface area contributed by atoms with Crippen LogP contribution >= 0.6 is 15.2 Å². The van der Waals surface area contributed by atoms with Crippen molar-refractivity contribution in [1.82, 2.24) is 0 Å². The molecule has 1 fully saturated rings. The average molecular weight is 300 g/mol. The van der Waals surface area contributed by atoms with Crippen molar-refractivity contribution in [3.8, 4) is 0 Å². The lowest BCUT2D eigenvalue weighted by Crippen LogP contribution is -2.47. The molecule has 1 heterocycles. The van der Waals surface area contributed by atoms with Gasteiger partial charge >= 0.3 is 15.2 Å². The van der Waals surface area contributed by atoms with Crippen molar-refractivity contribution in [2.75, 3.05) is 6.61 Å². The minimum absolute atomic E-state index is 0.161. The van der Waals surface area contributed by atoms with E-state index < -0.39 is 31.1 Å². The minimum Gasteiger partial charge on any atom is -0.322 e. The molecule has 0 aliphatic carbocycles. The highest BCUT2D eigenvalue weighted by atomic mass is 31.2. The molecule has 108 valence electrons. The molecule has 18 heavy (non-hydrogen) atoms. The van der Waals surface area contributed by atoms with Crippen LogP contribution in [0.3, 0.4) is 0 Å². The van der Waals surface area contributed by atoms with Crippen molar-refractivity contribution >= 4 is 15.2 Å². The molecule has 0 spiro atoms. The van der Waals surface area contributed by atoms with Crippen molar-refractivity contribution in [2.24, 2.45) is 5.41 Å². The van der Waals surface area contributed by atoms with Crippen LogP contribution in [0.15, 0.2) is 0 Å². The lowest BCUT2D eigenvalue weighted by atomic mass is 9.75. The summed E-state index contributed by atoms with van der Waals surface area (Å²) in [5.41, 5.74) is -1.01. The van der Waals surface area contributed by atoms with Crippen molar-refractivity contribution in [1.29, 1.82) is 0 Å². The third kappa shape index (κ3) is 1.78. The van der Waals surface area contributed by atoms with Crippen LogP contribution in [-0.2, 0) is 18.2 Å². The van der Waals surface area contributed by atoms with Crippen molar-refractivity contribution < 1.29 is 28.0 Å². The largest absolute Gasteiger partial charge is 0.357 e. The van der Waals surface area contributed by atoms with Crippen molar-refractivity contribution in [2.45, 2.75) is 52.0 Å². The van der Waals surface area contributed by atoms with Gasteiger partial charge in [0.05, 0.1) is 11.8 Å². The second kappa shape index (κ2) is 4.15. The summed E-state index contributed by atoms with van der Waals surface area (Å²) in [6.07, 6.45) is 0. The van der Waals surface area contributed by atoms with E-state index in [1.165, 1.54) is 6.92 Å². The Labute approximate surface area is 108 Å². The van der Waals surface area contributed by atoms with Gasteiger partial charge in [-0.2, -0.15) is 0 Å². The molecule has 0 bridgehead atoms. The zero-order chi connectivity index (χ0) is 14.6. The first-order valence-corrected chi connectivity index (χ1v) is 8.93. The van der Waals surface area contributed by atoms with Crippen LogP contribution in [0.2, 0.25) is 0 Å². The van der Waals surface area contributed by atoms with Crippen molar-refractivity contribution in [3.63, 3.8) is 0 Å². The number of rotatable bonds is 3. The Balaban J connectivity index is 3.49. The molecule has 0 aromatic rings. The van der Waals surface area contributed by atoms with E-state index in [0.717, 1.165) is 0 Å². The second-order valence-corrected chi connectivity index (χ2v) is 10.2. The Kier molecular flexibility index (Phi) is 3.77. The summed E-state index contributed by atoms with van der Waals surface area (Å²) in [7, 11) is -8.21. The summed E-state index contributed by atoms with van der Waals surface area (Å²) in [4.78, 5) is 19.1. The first kappa shape index (κ1) is 16.4. The average Bonchev–Trinajstić information content (AvgIpc) is 2.23. The van der Waals surface area contributed by atoms with Gasteiger partial charge in [-0.25, -0.2) is 0 Å². The van der Waals surface area contributed by atoms with Crippen LogP contribution in [0.4, 0.5) is 0 Å². The van der Waals surface area contributed by atoms with Gasteiger partial charge in [0.15, 0.2) is 5.34 Å². The predicted molar refractivity (Wildman–Crippen MR) is 68.6 cm³/mol. The minimum atomic E-state index is -4.60. The van der Waals surface area contributed by atoms with Gasteiger partial charge in [-0.05, 0) is 27.7 Å². The normalized spacial score (nSPS) is 38.9. The third-order valence-corrected chi connectivity index (χ3v) is 9.56. The molecule has 2 N–H and O–H groups in total. The molecule has 8 heteroatoms. The van der Waals surface area contributed by atoms with E-state index in [9.17, 15) is 18.9 Å². The molecule has 1 aliphatic rings. The maximum Gasteiger partial charge on any atom is 0.357 e. The van der Waals surface area contributed by atoms with Gasteiger partial charge in [0.1, 0.15) is 0 Å². The van der Waals surface area contributed by atoms with Crippen LogP contribution in [-0.4, -0.2) is 26.9 Å². The van der Waals surface area contributed by atoms with E-state index in [0.29, 0.717) is 0 Å². The summed E-state index contributed by atoms with van der Waals surface area (Å²) < 4.78 is 35.1. The summed E-state index contributed by atoms with van der Waals surface area (Å²) >= 11 is 0. The third-order valence-electron chi connectivity index (χ3n) is 4.53. The standard InChI is InChI=1S/C10H22O6P2/c1-7-15-18(14)9(4,5)8(2,3)10(6,16-18)17(11,12)13/h7H2,1-6H3,(H2,11,12,13). The highest BCUT2D eigenvalue weighted by Gasteiger charge is 2.75. The molecule has 6 nitrogen and oxygen atoms in total. The summed E-state index contributed by atoms with van der Waals surface area (Å²) in [6.45, 7) is 9.73. The Hall–Kier alpha value is 0.300. The van der Waals surface area contributed by atoms with Gasteiger partial charge < -0.3 is 14.3 Å². The predicted octanol–water partition coefficient (Wildman–Crippen LogP) is 2.94. The quantitative estimate of drug-likeness (QED) is 0.778. The fraction of sp³-hybridized carbons (Fsp3) is 1.00.